The van der Waals surface area contributed by atoms with Gasteiger partial charge in [0.1, 0.15) is 11.3 Å². The lowest BCUT2D eigenvalue weighted by Gasteiger charge is -2.23. The van der Waals surface area contributed by atoms with Crippen LogP contribution in [0.25, 0.3) is 5.65 Å². The van der Waals surface area contributed by atoms with E-state index in [1.165, 1.54) is 5.56 Å². The lowest BCUT2D eigenvalue weighted by molar-refractivity contribution is 0.0477. The first-order chi connectivity index (χ1) is 12.0. The van der Waals surface area contributed by atoms with Crippen molar-refractivity contribution in [3.8, 4) is 0 Å². The number of amides is 1. The van der Waals surface area contributed by atoms with Gasteiger partial charge < -0.3 is 10.4 Å². The van der Waals surface area contributed by atoms with Gasteiger partial charge in [0.05, 0.1) is 11.3 Å². The molecule has 0 radical (unpaired) electrons. The second-order valence-corrected chi connectivity index (χ2v) is 6.64. The number of aryl methyl sites for hydroxylation is 2. The quantitative estimate of drug-likeness (QED) is 0.727. The number of nitrogens with one attached hydrogen (secondary N) is 1. The van der Waals surface area contributed by atoms with E-state index < -0.39 is 5.60 Å². The number of rotatable bonds is 6. The van der Waals surface area contributed by atoms with E-state index in [0.29, 0.717) is 17.8 Å². The summed E-state index contributed by atoms with van der Waals surface area (Å²) in [5.74, 6) is -0.226. The molecule has 5 heteroatoms. The molecule has 0 aliphatic rings. The first-order valence-electron chi connectivity index (χ1n) is 8.44. The summed E-state index contributed by atoms with van der Waals surface area (Å²) >= 11 is 0. The Morgan fingerprint density at radius 2 is 1.92 bits per heavy atom. The molecule has 2 heterocycles. The Labute approximate surface area is 147 Å². The first kappa shape index (κ1) is 17.2. The third-order valence-corrected chi connectivity index (χ3v) is 4.34. The Morgan fingerprint density at radius 1 is 1.20 bits per heavy atom. The Kier molecular flexibility index (Phi) is 4.86. The predicted molar refractivity (Wildman–Crippen MR) is 97.6 cm³/mol. The molecule has 0 fully saturated rings. The lowest BCUT2D eigenvalue weighted by atomic mass is 9.96. The number of benzene rings is 1. The normalized spacial score (nSPS) is 13.6. The minimum atomic E-state index is -0.972. The van der Waals surface area contributed by atoms with Crippen LogP contribution in [-0.4, -0.2) is 32.5 Å². The fourth-order valence-corrected chi connectivity index (χ4v) is 2.89. The zero-order valence-corrected chi connectivity index (χ0v) is 14.6. The molecule has 2 N–H and O–H groups in total. The summed E-state index contributed by atoms with van der Waals surface area (Å²) in [4.78, 5) is 17.0. The Morgan fingerprint density at radius 3 is 2.68 bits per heavy atom. The van der Waals surface area contributed by atoms with Crippen molar-refractivity contribution in [3.63, 3.8) is 0 Å². The van der Waals surface area contributed by atoms with Gasteiger partial charge in [0, 0.05) is 12.7 Å². The lowest BCUT2D eigenvalue weighted by Crippen LogP contribution is -2.41. The second-order valence-electron chi connectivity index (χ2n) is 6.64. The first-order valence-corrected chi connectivity index (χ1v) is 8.44. The van der Waals surface area contributed by atoms with Gasteiger partial charge in [0.15, 0.2) is 0 Å². The van der Waals surface area contributed by atoms with Gasteiger partial charge in [-0.1, -0.05) is 36.4 Å². The molecule has 25 heavy (non-hydrogen) atoms. The van der Waals surface area contributed by atoms with Crippen molar-refractivity contribution in [1.29, 1.82) is 0 Å². The van der Waals surface area contributed by atoms with Gasteiger partial charge in [-0.25, -0.2) is 4.98 Å². The van der Waals surface area contributed by atoms with Crippen molar-refractivity contribution < 1.29 is 9.90 Å². The average molecular weight is 337 g/mol. The molecule has 1 amide bonds. The molecule has 3 aromatic rings. The summed E-state index contributed by atoms with van der Waals surface area (Å²) in [5, 5.41) is 13.4. The van der Waals surface area contributed by atoms with Gasteiger partial charge in [-0.2, -0.15) is 0 Å². The third kappa shape index (κ3) is 4.06. The van der Waals surface area contributed by atoms with E-state index in [-0.39, 0.29) is 12.5 Å². The topological polar surface area (TPSA) is 66.6 Å². The van der Waals surface area contributed by atoms with Gasteiger partial charge in [0.25, 0.3) is 5.91 Å². The number of hydrogen-bond donors (Lipinski definition) is 2. The number of carbonyl (C=O) groups is 1. The van der Waals surface area contributed by atoms with E-state index in [2.05, 4.69) is 10.3 Å². The van der Waals surface area contributed by atoms with Crippen molar-refractivity contribution in [2.45, 2.75) is 32.3 Å². The van der Waals surface area contributed by atoms with Crippen LogP contribution in [0.1, 0.15) is 35.1 Å². The molecule has 1 unspecified atom stereocenters. The predicted octanol–water partition coefficient (Wildman–Crippen LogP) is 2.76. The Bertz CT molecular complexity index is 869. The maximum atomic E-state index is 12.6. The van der Waals surface area contributed by atoms with Crippen molar-refractivity contribution in [2.75, 3.05) is 6.54 Å². The summed E-state index contributed by atoms with van der Waals surface area (Å²) in [5.41, 5.74) is 2.12. The third-order valence-electron chi connectivity index (χ3n) is 4.34. The highest BCUT2D eigenvalue weighted by Gasteiger charge is 2.23. The largest absolute Gasteiger partial charge is 0.388 e. The fraction of sp³-hybridized carbons (Fsp3) is 0.300. The molecule has 0 spiro atoms. The van der Waals surface area contributed by atoms with Crippen molar-refractivity contribution in [1.82, 2.24) is 14.7 Å². The summed E-state index contributed by atoms with van der Waals surface area (Å²) in [6.45, 7) is 3.76. The molecular weight excluding hydrogens is 314 g/mol. The van der Waals surface area contributed by atoms with E-state index in [0.717, 1.165) is 12.1 Å². The van der Waals surface area contributed by atoms with Crippen LogP contribution in [0.2, 0.25) is 0 Å². The molecule has 130 valence electrons. The molecule has 0 aliphatic carbocycles. The molecule has 0 bridgehead atoms. The standard InChI is InChI=1S/C20H23N3O2/c1-15-18(23-13-7-6-10-17(23)22-15)19(24)21-14-20(2,25)12-11-16-8-4-3-5-9-16/h3-10,13,25H,11-12,14H2,1-2H3,(H,21,24). The van der Waals surface area contributed by atoms with Gasteiger partial charge in [-0.15, -0.1) is 0 Å². The van der Waals surface area contributed by atoms with Crippen molar-refractivity contribution in [3.05, 3.63) is 71.7 Å². The highest BCUT2D eigenvalue weighted by molar-refractivity contribution is 5.94. The SMILES string of the molecule is Cc1nc2ccccn2c1C(=O)NCC(C)(O)CCc1ccccc1. The number of aromatic nitrogens is 2. The Balaban J connectivity index is 1.63. The molecule has 3 rings (SSSR count). The van der Waals surface area contributed by atoms with E-state index in [9.17, 15) is 9.90 Å². The molecule has 1 atom stereocenters. The molecule has 5 nitrogen and oxygen atoms in total. The molecule has 0 saturated heterocycles. The van der Waals surface area contributed by atoms with Crippen LogP contribution in [0.15, 0.2) is 54.7 Å². The van der Waals surface area contributed by atoms with Crippen molar-refractivity contribution in [2.24, 2.45) is 0 Å². The van der Waals surface area contributed by atoms with Crippen LogP contribution in [-0.2, 0) is 6.42 Å². The van der Waals surface area contributed by atoms with Gasteiger partial charge in [-0.3, -0.25) is 9.20 Å². The van der Waals surface area contributed by atoms with E-state index in [1.807, 2.05) is 61.7 Å². The van der Waals surface area contributed by atoms with Crippen LogP contribution in [0.5, 0.6) is 0 Å². The monoisotopic (exact) mass is 337 g/mol. The maximum Gasteiger partial charge on any atom is 0.270 e. The molecule has 1 aromatic carbocycles. The van der Waals surface area contributed by atoms with Crippen LogP contribution < -0.4 is 5.32 Å². The number of carbonyl (C=O) groups excluding carboxylic acids is 1. The van der Waals surface area contributed by atoms with E-state index in [1.54, 1.807) is 11.3 Å². The molecule has 0 aliphatic heterocycles. The summed E-state index contributed by atoms with van der Waals surface area (Å²) in [6, 6.07) is 15.6. The number of hydrogen-bond acceptors (Lipinski definition) is 3. The van der Waals surface area contributed by atoms with Crippen LogP contribution in [0.4, 0.5) is 0 Å². The molecule has 0 saturated carbocycles. The average Bonchev–Trinajstić information content (AvgIpc) is 2.95. The smallest absolute Gasteiger partial charge is 0.270 e. The van der Waals surface area contributed by atoms with Gasteiger partial charge in [-0.05, 0) is 44.4 Å². The van der Waals surface area contributed by atoms with Gasteiger partial charge >= 0.3 is 0 Å². The number of nitrogens with zero attached hydrogens (tertiary/aromatic N) is 2. The number of imidazole rings is 1. The minimum absolute atomic E-state index is 0.193. The number of fused-ring (bicyclic) bond motifs is 1. The zero-order valence-electron chi connectivity index (χ0n) is 14.6. The minimum Gasteiger partial charge on any atom is -0.388 e. The van der Waals surface area contributed by atoms with E-state index >= 15 is 0 Å². The van der Waals surface area contributed by atoms with Crippen LogP contribution in [0.3, 0.4) is 0 Å². The van der Waals surface area contributed by atoms with Crippen LogP contribution in [0, 0.1) is 6.92 Å². The molecule has 2 aromatic heterocycles. The number of aliphatic hydroxyl groups is 1. The summed E-state index contributed by atoms with van der Waals surface area (Å²) < 4.78 is 1.77. The van der Waals surface area contributed by atoms with E-state index in [4.69, 9.17) is 0 Å². The molecular formula is C20H23N3O2. The number of pyridine rings is 1. The highest BCUT2D eigenvalue weighted by atomic mass is 16.3. The summed E-state index contributed by atoms with van der Waals surface area (Å²) in [6.07, 6.45) is 3.15. The fourth-order valence-electron chi connectivity index (χ4n) is 2.89. The maximum absolute atomic E-state index is 12.6. The Hall–Kier alpha value is -2.66. The van der Waals surface area contributed by atoms with Crippen LogP contribution >= 0.6 is 0 Å². The summed E-state index contributed by atoms with van der Waals surface area (Å²) in [7, 11) is 0. The zero-order chi connectivity index (χ0) is 17.9. The van der Waals surface area contributed by atoms with Gasteiger partial charge in [0.2, 0.25) is 0 Å². The second kappa shape index (κ2) is 7.07. The highest BCUT2D eigenvalue weighted by Crippen LogP contribution is 2.15. The van der Waals surface area contributed by atoms with Crippen molar-refractivity contribution >= 4 is 11.6 Å².